The molecule has 1 saturated heterocycles. The summed E-state index contributed by atoms with van der Waals surface area (Å²) < 4.78 is 4.88. The van der Waals surface area contributed by atoms with E-state index in [2.05, 4.69) is 6.58 Å². The largest absolute Gasteiger partial charge is 0.373 e. The normalized spacial score (nSPS) is 29.7. The van der Waals surface area contributed by atoms with Gasteiger partial charge in [0, 0.05) is 0 Å². The minimum Gasteiger partial charge on any atom is -0.373 e. The van der Waals surface area contributed by atoms with E-state index in [1.54, 1.807) is 0 Å². The van der Waals surface area contributed by atoms with Crippen molar-refractivity contribution in [2.45, 2.75) is 12.5 Å². The second-order valence-corrected chi connectivity index (χ2v) is 1.48. The molecule has 1 heterocycles. The quantitative estimate of drug-likeness (QED) is 0.358. The highest BCUT2D eigenvalue weighted by molar-refractivity contribution is 4.79. The van der Waals surface area contributed by atoms with Crippen LogP contribution >= 0.6 is 0 Å². The van der Waals surface area contributed by atoms with Crippen molar-refractivity contribution >= 4 is 0 Å². The van der Waals surface area contributed by atoms with Crippen LogP contribution in [0, 0.1) is 0 Å². The predicted octanol–water partition coefficient (Wildman–Crippen LogP) is 0.961. The summed E-state index contributed by atoms with van der Waals surface area (Å²) in [6.07, 6.45) is 3.44. The third-order valence-electron chi connectivity index (χ3n) is 0.832. The second kappa shape index (κ2) is 1.43. The highest BCUT2D eigenvalue weighted by Crippen LogP contribution is 2.12. The molecule has 0 saturated carbocycles. The Kier molecular flexibility index (Phi) is 0.926. The number of hydrogen-bond donors (Lipinski definition) is 0. The Bertz CT molecular complexity index is 55.0. The lowest BCUT2D eigenvalue weighted by Crippen LogP contribution is -1.75. The molecule has 1 fully saturated rings. The maximum atomic E-state index is 4.88. The molecule has 6 heavy (non-hydrogen) atoms. The van der Waals surface area contributed by atoms with Crippen LogP contribution in [-0.2, 0) is 4.74 Å². The lowest BCUT2D eigenvalue weighted by atomic mass is 10.3. The predicted molar refractivity (Wildman–Crippen MR) is 24.6 cm³/mol. The smallest absolute Gasteiger partial charge is 0.0844 e. The van der Waals surface area contributed by atoms with Gasteiger partial charge in [-0.25, -0.2) is 0 Å². The van der Waals surface area contributed by atoms with Gasteiger partial charge in [-0.1, -0.05) is 6.08 Å². The van der Waals surface area contributed by atoms with E-state index in [-0.39, 0.29) is 0 Å². The molecule has 1 aliphatic rings. The van der Waals surface area contributed by atoms with Crippen LogP contribution in [-0.4, -0.2) is 12.7 Å². The van der Waals surface area contributed by atoms with Crippen molar-refractivity contribution in [2.24, 2.45) is 0 Å². The molecule has 0 aromatic heterocycles. The Balaban J connectivity index is 2.00. The SMILES string of the molecule is C=CC[C@@H]1CO1. The second-order valence-electron chi connectivity index (χ2n) is 1.48. The maximum absolute atomic E-state index is 4.88. The molecule has 0 aliphatic carbocycles. The molecule has 1 atom stereocenters. The number of epoxide rings is 1. The molecule has 0 amide bonds. The van der Waals surface area contributed by atoms with Gasteiger partial charge in [0.05, 0.1) is 12.7 Å². The van der Waals surface area contributed by atoms with Gasteiger partial charge in [0.1, 0.15) is 0 Å². The van der Waals surface area contributed by atoms with Crippen LogP contribution in [0.25, 0.3) is 0 Å². The van der Waals surface area contributed by atoms with Gasteiger partial charge in [0.2, 0.25) is 0 Å². The average Bonchev–Trinajstić information content (AvgIpc) is 2.21. The molecular formula is C5H8O. The first-order chi connectivity index (χ1) is 2.93. The lowest BCUT2D eigenvalue weighted by Gasteiger charge is -1.73. The van der Waals surface area contributed by atoms with Gasteiger partial charge in [-0.3, -0.25) is 0 Å². The van der Waals surface area contributed by atoms with E-state index in [0.717, 1.165) is 13.0 Å². The molecule has 1 heteroatoms. The molecule has 34 valence electrons. The summed E-state index contributed by atoms with van der Waals surface area (Å²) >= 11 is 0. The summed E-state index contributed by atoms with van der Waals surface area (Å²) in [5, 5.41) is 0. The molecule has 0 bridgehead atoms. The number of ether oxygens (including phenoxy) is 1. The zero-order valence-corrected chi connectivity index (χ0v) is 3.68. The fourth-order valence-corrected chi connectivity index (χ4v) is 0.390. The van der Waals surface area contributed by atoms with Crippen molar-refractivity contribution in [1.82, 2.24) is 0 Å². The third-order valence-corrected chi connectivity index (χ3v) is 0.832. The van der Waals surface area contributed by atoms with Crippen LogP contribution in [0.4, 0.5) is 0 Å². The molecule has 1 nitrogen and oxygen atoms in total. The number of hydrogen-bond acceptors (Lipinski definition) is 1. The van der Waals surface area contributed by atoms with Gasteiger partial charge in [-0.15, -0.1) is 6.58 Å². The summed E-state index contributed by atoms with van der Waals surface area (Å²) in [4.78, 5) is 0. The summed E-state index contributed by atoms with van der Waals surface area (Å²) in [6, 6.07) is 0. The summed E-state index contributed by atoms with van der Waals surface area (Å²) in [6.45, 7) is 4.51. The molecule has 0 aromatic carbocycles. The monoisotopic (exact) mass is 84.1 g/mol. The minimum atomic E-state index is 0.530. The molecule has 0 radical (unpaired) electrons. The first-order valence-electron chi connectivity index (χ1n) is 2.16. The molecule has 1 aliphatic heterocycles. The fourth-order valence-electron chi connectivity index (χ4n) is 0.390. The van der Waals surface area contributed by atoms with Gasteiger partial charge in [-0.05, 0) is 6.42 Å². The van der Waals surface area contributed by atoms with Gasteiger partial charge in [0.15, 0.2) is 0 Å². The molecule has 0 N–H and O–H groups in total. The van der Waals surface area contributed by atoms with Crippen LogP contribution < -0.4 is 0 Å². The van der Waals surface area contributed by atoms with Crippen LogP contribution in [0.3, 0.4) is 0 Å². The minimum absolute atomic E-state index is 0.530. The van der Waals surface area contributed by atoms with Gasteiger partial charge in [-0.2, -0.15) is 0 Å². The van der Waals surface area contributed by atoms with Crippen molar-refractivity contribution in [2.75, 3.05) is 6.61 Å². The maximum Gasteiger partial charge on any atom is 0.0844 e. The van der Waals surface area contributed by atoms with E-state index < -0.39 is 0 Å². The van der Waals surface area contributed by atoms with E-state index in [0.29, 0.717) is 6.10 Å². The molecular weight excluding hydrogens is 76.1 g/mol. The number of rotatable bonds is 2. The molecule has 0 unspecified atom stereocenters. The average molecular weight is 84.1 g/mol. The van der Waals surface area contributed by atoms with E-state index in [9.17, 15) is 0 Å². The fraction of sp³-hybridized carbons (Fsp3) is 0.600. The van der Waals surface area contributed by atoms with Crippen LogP contribution in [0.5, 0.6) is 0 Å². The first kappa shape index (κ1) is 3.88. The highest BCUT2D eigenvalue weighted by atomic mass is 16.6. The Morgan fingerprint density at radius 2 is 2.67 bits per heavy atom. The highest BCUT2D eigenvalue weighted by Gasteiger charge is 2.19. The summed E-state index contributed by atoms with van der Waals surface area (Å²) in [7, 11) is 0. The van der Waals surface area contributed by atoms with E-state index >= 15 is 0 Å². The van der Waals surface area contributed by atoms with Crippen LogP contribution in [0.15, 0.2) is 12.7 Å². The van der Waals surface area contributed by atoms with Crippen molar-refractivity contribution in [3.05, 3.63) is 12.7 Å². The third kappa shape index (κ3) is 0.830. The van der Waals surface area contributed by atoms with Crippen molar-refractivity contribution in [1.29, 1.82) is 0 Å². The van der Waals surface area contributed by atoms with Crippen molar-refractivity contribution in [3.63, 3.8) is 0 Å². The van der Waals surface area contributed by atoms with E-state index in [4.69, 9.17) is 4.74 Å². The molecule has 0 aromatic rings. The van der Waals surface area contributed by atoms with Gasteiger partial charge in [0.25, 0.3) is 0 Å². The lowest BCUT2D eigenvalue weighted by molar-refractivity contribution is 0.410. The standard InChI is InChI=1S/C5H8O/c1-2-3-5-4-6-5/h2,5H,1,3-4H2/t5-/m1/s1. The zero-order chi connectivity index (χ0) is 4.41. The molecule has 1 rings (SSSR count). The van der Waals surface area contributed by atoms with Crippen LogP contribution in [0.1, 0.15) is 6.42 Å². The Morgan fingerprint density at radius 3 is 2.83 bits per heavy atom. The van der Waals surface area contributed by atoms with Crippen molar-refractivity contribution in [3.8, 4) is 0 Å². The Hall–Kier alpha value is -0.300. The van der Waals surface area contributed by atoms with Gasteiger partial charge >= 0.3 is 0 Å². The zero-order valence-electron chi connectivity index (χ0n) is 3.68. The first-order valence-corrected chi connectivity index (χ1v) is 2.16. The topological polar surface area (TPSA) is 12.5 Å². The van der Waals surface area contributed by atoms with Crippen molar-refractivity contribution < 1.29 is 4.74 Å². The Morgan fingerprint density at radius 1 is 2.00 bits per heavy atom. The summed E-state index contributed by atoms with van der Waals surface area (Å²) in [5.74, 6) is 0. The summed E-state index contributed by atoms with van der Waals surface area (Å²) in [5.41, 5.74) is 0. The van der Waals surface area contributed by atoms with Crippen LogP contribution in [0.2, 0.25) is 0 Å². The van der Waals surface area contributed by atoms with E-state index in [1.165, 1.54) is 0 Å². The Labute approximate surface area is 37.6 Å². The molecule has 0 spiro atoms. The van der Waals surface area contributed by atoms with E-state index in [1.807, 2.05) is 6.08 Å². The van der Waals surface area contributed by atoms with Gasteiger partial charge < -0.3 is 4.74 Å².